The first-order valence-corrected chi connectivity index (χ1v) is 46.3. The summed E-state index contributed by atoms with van der Waals surface area (Å²) in [5.74, 6) is 3.05. The quantitative estimate of drug-likeness (QED) is 0.0169. The number of benzene rings is 7. The molecule has 6 heterocycles. The summed E-state index contributed by atoms with van der Waals surface area (Å²) < 4.78 is 79.6. The minimum Gasteiger partial charge on any atom is -0.495 e. The number of aromatic nitrogens is 4. The van der Waals surface area contributed by atoms with Gasteiger partial charge < -0.3 is 64.7 Å². The van der Waals surface area contributed by atoms with Crippen LogP contribution < -0.4 is 51.6 Å². The number of piperidine rings is 2. The van der Waals surface area contributed by atoms with E-state index in [4.69, 9.17) is 50.9 Å². The van der Waals surface area contributed by atoms with Gasteiger partial charge in [-0.15, -0.1) is 0 Å². The van der Waals surface area contributed by atoms with Crippen molar-refractivity contribution in [2.24, 2.45) is 0 Å². The van der Waals surface area contributed by atoms with Crippen LogP contribution in [0.2, 0.25) is 5.28 Å². The maximum Gasteiger partial charge on any atom is 0.294 e. The Kier molecular flexibility index (Phi) is 33.1. The first-order chi connectivity index (χ1) is 53.2. The van der Waals surface area contributed by atoms with E-state index >= 15 is 0 Å². The largest absolute Gasteiger partial charge is 0.495 e. The number of rotatable bonds is 21. The van der Waals surface area contributed by atoms with Crippen LogP contribution >= 0.6 is 57.7 Å². The highest BCUT2D eigenvalue weighted by Gasteiger charge is 2.30. The summed E-state index contributed by atoms with van der Waals surface area (Å²) in [6.07, 6.45) is 11.9. The van der Waals surface area contributed by atoms with Gasteiger partial charge in [0.15, 0.2) is 0 Å². The number of halogens is 3. The van der Waals surface area contributed by atoms with E-state index in [-0.39, 0.29) is 10.2 Å². The molecule has 7 aromatic carbocycles. The van der Waals surface area contributed by atoms with Crippen molar-refractivity contribution in [2.75, 3.05) is 158 Å². The summed E-state index contributed by atoms with van der Waals surface area (Å²) in [6.45, 7) is 27.6. The topological polar surface area (TPSA) is 272 Å². The number of methoxy groups -OCH3 is 2. The molecule has 596 valence electrons. The van der Waals surface area contributed by atoms with Crippen molar-refractivity contribution in [1.29, 1.82) is 0 Å². The van der Waals surface area contributed by atoms with Crippen LogP contribution in [0.3, 0.4) is 0 Å². The third-order valence-corrected chi connectivity index (χ3v) is 25.0. The van der Waals surface area contributed by atoms with Crippen molar-refractivity contribution in [3.05, 3.63) is 189 Å². The van der Waals surface area contributed by atoms with Crippen LogP contribution in [0, 0.1) is 6.92 Å². The number of nitrogens with one attached hydrogen (secondary N) is 3. The molecule has 4 fully saturated rings. The molecule has 22 nitrogen and oxygen atoms in total. The number of aliphatic hydroxyl groups is 1. The van der Waals surface area contributed by atoms with Crippen LogP contribution in [-0.2, 0) is 41.6 Å². The molecule has 0 saturated carbocycles. The molecule has 13 rings (SSSR count). The smallest absolute Gasteiger partial charge is 0.294 e. The average molecular weight is 1720 g/mol. The maximum atomic E-state index is 13.4. The second-order valence-electron chi connectivity index (χ2n) is 28.2. The van der Waals surface area contributed by atoms with Crippen LogP contribution in [0.15, 0.2) is 172 Å². The third-order valence-electron chi connectivity index (χ3n) is 19.7. The Balaban J connectivity index is 0.000000185. The fourth-order valence-electron chi connectivity index (χ4n) is 13.7. The van der Waals surface area contributed by atoms with Gasteiger partial charge >= 0.3 is 0 Å². The SMILES string of the molecule is CCCCO.CCc1cc(N)c(OC)cc1N1CCC(N2CCOCC2)CC1.CCc1cc(Nc2ncc(Br)c(Nc3ccc(-c4ccccc4)cc3P(C)(C)=O)n2)c(OC)cc1N1CCC(N2CCOCC2)CC1.CP(C)(=O)c1cc(-c2ccccc2)ccc1Nc1nc(Cl)ncc1Br.Cc1ccc(S(=O)(=O)O)cc1. The van der Waals surface area contributed by atoms with Crippen LogP contribution in [-0.4, -0.2) is 186 Å². The first kappa shape index (κ1) is 87.5. The van der Waals surface area contributed by atoms with Gasteiger partial charge in [0.1, 0.15) is 37.4 Å². The lowest BCUT2D eigenvalue weighted by molar-refractivity contribution is 0.0115. The van der Waals surface area contributed by atoms with Gasteiger partial charge in [0, 0.05) is 118 Å². The van der Waals surface area contributed by atoms with E-state index < -0.39 is 24.4 Å². The number of anilines is 9. The summed E-state index contributed by atoms with van der Waals surface area (Å²) >= 11 is 12.9. The molecular weight excluding hydrogens is 1610 g/mol. The zero-order valence-electron chi connectivity index (χ0n) is 65.3. The summed E-state index contributed by atoms with van der Waals surface area (Å²) in [6, 6.07) is 47.8. The highest BCUT2D eigenvalue weighted by Crippen LogP contribution is 2.44. The summed E-state index contributed by atoms with van der Waals surface area (Å²) in [5, 5.41) is 19.8. The fourth-order valence-corrected chi connectivity index (χ4v) is 17.2. The van der Waals surface area contributed by atoms with Crippen LogP contribution in [0.25, 0.3) is 22.3 Å². The van der Waals surface area contributed by atoms with E-state index in [0.29, 0.717) is 45.2 Å². The Morgan fingerprint density at radius 3 is 1.42 bits per heavy atom. The monoisotopic (exact) mass is 1720 g/mol. The van der Waals surface area contributed by atoms with E-state index in [1.54, 1.807) is 65.4 Å². The van der Waals surface area contributed by atoms with Gasteiger partial charge in [-0.25, -0.2) is 9.97 Å². The molecule has 28 heteroatoms. The van der Waals surface area contributed by atoms with Crippen LogP contribution in [0.1, 0.15) is 76.0 Å². The summed E-state index contributed by atoms with van der Waals surface area (Å²) in [5.41, 5.74) is 19.3. The molecule has 0 bridgehead atoms. The van der Waals surface area contributed by atoms with Gasteiger partial charge in [0.25, 0.3) is 10.1 Å². The molecule has 0 unspecified atom stereocenters. The lowest BCUT2D eigenvalue weighted by Gasteiger charge is -2.41. The summed E-state index contributed by atoms with van der Waals surface area (Å²) in [4.78, 5) is 27.6. The molecule has 0 aliphatic carbocycles. The molecule has 7 N–H and O–H groups in total. The molecule has 111 heavy (non-hydrogen) atoms. The number of nitrogen functional groups attached to an aromatic ring is 1. The van der Waals surface area contributed by atoms with Crippen molar-refractivity contribution in [3.8, 4) is 33.8 Å². The minimum atomic E-state index is -4.02. The number of nitrogens with two attached hydrogens (primary N) is 1. The van der Waals surface area contributed by atoms with Crippen molar-refractivity contribution < 1.29 is 46.2 Å². The number of aliphatic hydroxyl groups excluding tert-OH is 1. The Bertz CT molecular complexity index is 4700. The second-order valence-corrected chi connectivity index (χ2v) is 38.0. The third kappa shape index (κ3) is 25.3. The minimum absolute atomic E-state index is 0.0666. The summed E-state index contributed by atoms with van der Waals surface area (Å²) in [7, 11) is -5.79. The van der Waals surface area contributed by atoms with E-state index in [9.17, 15) is 17.5 Å². The number of unbranched alkanes of at least 4 members (excludes halogenated alkanes) is 1. The lowest BCUT2D eigenvalue weighted by atomic mass is 10.00. The van der Waals surface area contributed by atoms with Gasteiger partial charge in [-0.2, -0.15) is 18.4 Å². The van der Waals surface area contributed by atoms with Gasteiger partial charge in [-0.05, 0) is 204 Å². The molecule has 9 aromatic rings. The average Bonchev–Trinajstić information content (AvgIpc) is 0.798. The molecule has 0 atom stereocenters. The zero-order valence-corrected chi connectivity index (χ0v) is 71.8. The Morgan fingerprint density at radius 2 is 1.01 bits per heavy atom. The number of ether oxygens (including phenoxy) is 4. The maximum absolute atomic E-state index is 13.4. The predicted octanol–water partition coefficient (Wildman–Crippen LogP) is 17.2. The fraction of sp³-hybridized carbons (Fsp3) is 0.398. The molecule has 4 saturated heterocycles. The first-order valence-electron chi connectivity index (χ1n) is 37.7. The number of nitrogens with zero attached hydrogens (tertiary/aromatic N) is 8. The van der Waals surface area contributed by atoms with Gasteiger partial charge in [0.05, 0.1) is 77.2 Å². The highest BCUT2D eigenvalue weighted by molar-refractivity contribution is 9.11. The molecule has 4 aliphatic heterocycles. The second kappa shape index (κ2) is 42.0. The van der Waals surface area contributed by atoms with Gasteiger partial charge in [-0.1, -0.05) is 118 Å². The predicted molar refractivity (Wildman–Crippen MR) is 464 cm³/mol. The number of aryl methyl sites for hydroxylation is 3. The number of morpholine rings is 2. The van der Waals surface area contributed by atoms with E-state index in [0.717, 1.165) is 190 Å². The molecule has 4 aliphatic rings. The van der Waals surface area contributed by atoms with E-state index in [2.05, 4.69) is 140 Å². The van der Waals surface area contributed by atoms with Gasteiger partial charge in [-0.3, -0.25) is 14.4 Å². The van der Waals surface area contributed by atoms with Crippen molar-refractivity contribution >= 4 is 130 Å². The van der Waals surface area contributed by atoms with Crippen LogP contribution in [0.5, 0.6) is 11.5 Å². The molecule has 0 amide bonds. The normalized spacial score (nSPS) is 15.2. The van der Waals surface area contributed by atoms with Crippen LogP contribution in [0.4, 0.5) is 51.7 Å². The zero-order chi connectivity index (χ0) is 79.8. The number of hydrogen-bond donors (Lipinski definition) is 6. The van der Waals surface area contributed by atoms with Crippen molar-refractivity contribution in [2.45, 2.75) is 96.0 Å². The lowest BCUT2D eigenvalue weighted by Crippen LogP contribution is -2.49. The van der Waals surface area contributed by atoms with E-state index in [1.807, 2.05) is 91.9 Å². The van der Waals surface area contributed by atoms with Gasteiger partial charge in [0.2, 0.25) is 11.2 Å². The molecule has 0 spiro atoms. The van der Waals surface area contributed by atoms with Crippen molar-refractivity contribution in [1.82, 2.24) is 29.7 Å². The number of hydrogen-bond acceptors (Lipinski definition) is 21. The molecule has 2 aromatic heterocycles. The Hall–Kier alpha value is -7.48. The van der Waals surface area contributed by atoms with E-state index in [1.165, 1.54) is 47.5 Å². The van der Waals surface area contributed by atoms with Crippen molar-refractivity contribution in [3.63, 3.8) is 0 Å². The molecular formula is C83H107Br2ClN12O10P2S. The standard InChI is InChI=1S/C36H44BrN6O3P.C18H16BrClN3OP.C18H29N3O2.C7H8O3S.C4H10O/c1-5-25-21-31(33(45-2)23-32(25)43-15-13-28(14-16-43)42-17-19-46-20-18-42)40-36-38-24-29(37)35(41-36)39-30-12-11-27(22-34(30)47(3,4)44)26-9-7-6-8-10-26;1-25(2,24)16-10-13(12-6-4-3-5-7-12)8-9-15(16)22-17-14(19)11-21-18(20)23-17;1-3-14-12-16(19)18(22-2)13-17(14)21-6-4-15(5-7-21)20-8-10-23-11-9-20;1-6-2-4-7(5-3-6)11(8,9)10;1-2-3-4-5/h6-12,21-24,28H,5,13-20H2,1-4H3,(H2,38,39,40,41);3-11H,1-2H3,(H,21,22,23);12-13,15H,3-11,19H2,1-2H3;2-5H,1H3,(H,8,9,10);5H,2-4H2,1H3. The Morgan fingerprint density at radius 1 is 0.568 bits per heavy atom. The Labute approximate surface area is 677 Å². The molecule has 0 radical (unpaired) electrons. The highest BCUT2D eigenvalue weighted by atomic mass is 79.9.